The minimum atomic E-state index is -1.76. The van der Waals surface area contributed by atoms with E-state index in [1.54, 1.807) is 24.3 Å². The summed E-state index contributed by atoms with van der Waals surface area (Å²) in [7, 11) is -1.76. The Morgan fingerprint density at radius 2 is 1.93 bits per heavy atom. The van der Waals surface area contributed by atoms with E-state index < -0.39 is 24.9 Å². The monoisotopic (exact) mass is 414 g/mol. The summed E-state index contributed by atoms with van der Waals surface area (Å²) in [6.07, 6.45) is 1.32. The molecular formula is C21H24BClN2O4. The predicted octanol–water partition coefficient (Wildman–Crippen LogP) is 2.22. The van der Waals surface area contributed by atoms with E-state index in [4.69, 9.17) is 11.6 Å². The molecule has 0 saturated carbocycles. The van der Waals surface area contributed by atoms with Crippen LogP contribution in [0.25, 0.3) is 0 Å². The van der Waals surface area contributed by atoms with E-state index in [0.717, 1.165) is 22.8 Å². The molecule has 0 saturated heterocycles. The Bertz CT molecular complexity index is 904. The number of anilines is 1. The van der Waals surface area contributed by atoms with Gasteiger partial charge in [0.05, 0.1) is 16.7 Å². The second-order valence-corrected chi connectivity index (χ2v) is 7.21. The van der Waals surface area contributed by atoms with Crippen molar-refractivity contribution in [3.8, 4) is 0 Å². The lowest BCUT2D eigenvalue weighted by Crippen LogP contribution is -2.51. The third kappa shape index (κ3) is 6.19. The minimum absolute atomic E-state index is 0.233. The Balaban J connectivity index is 2.16. The van der Waals surface area contributed by atoms with E-state index in [0.29, 0.717) is 10.7 Å². The maximum atomic E-state index is 12.6. The van der Waals surface area contributed by atoms with Gasteiger partial charge in [0.1, 0.15) is 6.54 Å². The van der Waals surface area contributed by atoms with Crippen molar-refractivity contribution >= 4 is 36.2 Å². The first kappa shape index (κ1) is 22.7. The number of aryl methyl sites for hydroxylation is 2. The molecule has 0 aliphatic heterocycles. The van der Waals surface area contributed by atoms with Crippen LogP contribution in [0.5, 0.6) is 0 Å². The number of halogens is 1. The van der Waals surface area contributed by atoms with Gasteiger partial charge in [-0.1, -0.05) is 54.1 Å². The summed E-state index contributed by atoms with van der Waals surface area (Å²) < 4.78 is 0. The highest BCUT2D eigenvalue weighted by Crippen LogP contribution is 2.25. The van der Waals surface area contributed by atoms with Crippen LogP contribution >= 0.6 is 11.6 Å². The van der Waals surface area contributed by atoms with Crippen molar-refractivity contribution in [2.45, 2.75) is 26.2 Å². The quantitative estimate of drug-likeness (QED) is 0.456. The predicted molar refractivity (Wildman–Crippen MR) is 116 cm³/mol. The molecule has 2 aromatic carbocycles. The van der Waals surface area contributed by atoms with Gasteiger partial charge < -0.3 is 15.4 Å². The Morgan fingerprint density at radius 1 is 1.24 bits per heavy atom. The van der Waals surface area contributed by atoms with Gasteiger partial charge >= 0.3 is 7.12 Å². The van der Waals surface area contributed by atoms with Crippen LogP contribution in [0.4, 0.5) is 5.69 Å². The highest BCUT2D eigenvalue weighted by molar-refractivity contribution is 6.43. The number of nitrogens with zero attached hydrogens (tertiary/aromatic N) is 1. The van der Waals surface area contributed by atoms with Crippen molar-refractivity contribution in [1.29, 1.82) is 0 Å². The number of benzene rings is 2. The van der Waals surface area contributed by atoms with Gasteiger partial charge in [-0.15, -0.1) is 0 Å². The number of para-hydroxylation sites is 1. The Morgan fingerprint density at radius 3 is 2.52 bits per heavy atom. The molecule has 0 unspecified atom stereocenters. The second-order valence-electron chi connectivity index (χ2n) is 6.80. The van der Waals surface area contributed by atoms with Crippen LogP contribution in [0.1, 0.15) is 16.7 Å². The van der Waals surface area contributed by atoms with Crippen molar-refractivity contribution in [3.05, 3.63) is 76.8 Å². The Labute approximate surface area is 176 Å². The number of nitrogens with one attached hydrogen (secondary N) is 1. The smallest absolute Gasteiger partial charge is 0.426 e. The second kappa shape index (κ2) is 10.3. The molecule has 0 fully saturated rings. The fourth-order valence-electron chi connectivity index (χ4n) is 3.00. The third-order valence-corrected chi connectivity index (χ3v) is 4.85. The zero-order valence-corrected chi connectivity index (χ0v) is 17.2. The minimum Gasteiger partial charge on any atom is -0.426 e. The molecule has 0 spiro atoms. The van der Waals surface area contributed by atoms with Gasteiger partial charge in [-0.3, -0.25) is 14.5 Å². The summed E-state index contributed by atoms with van der Waals surface area (Å²) in [5.74, 6) is -1.98. The van der Waals surface area contributed by atoms with Crippen molar-refractivity contribution in [2.24, 2.45) is 0 Å². The first-order valence-corrected chi connectivity index (χ1v) is 9.50. The molecule has 6 nitrogen and oxygen atoms in total. The molecular weight excluding hydrogens is 391 g/mol. The van der Waals surface area contributed by atoms with E-state index in [1.807, 2.05) is 32.0 Å². The van der Waals surface area contributed by atoms with Crippen LogP contribution in [0, 0.1) is 13.8 Å². The third-order valence-electron chi connectivity index (χ3n) is 4.53. The lowest BCUT2D eigenvalue weighted by atomic mass is 9.75. The summed E-state index contributed by atoms with van der Waals surface area (Å²) in [5.41, 5.74) is 3.34. The maximum Gasteiger partial charge on any atom is 0.475 e. The van der Waals surface area contributed by atoms with Gasteiger partial charge in [0.25, 0.3) is 5.91 Å². The molecule has 0 aromatic heterocycles. The van der Waals surface area contributed by atoms with E-state index in [2.05, 4.69) is 11.9 Å². The highest BCUT2D eigenvalue weighted by Gasteiger charge is 2.28. The van der Waals surface area contributed by atoms with Crippen LogP contribution in [-0.4, -0.2) is 41.5 Å². The van der Waals surface area contributed by atoms with Gasteiger partial charge in [-0.25, -0.2) is 0 Å². The van der Waals surface area contributed by atoms with Crippen molar-refractivity contribution < 1.29 is 19.6 Å². The molecule has 3 N–H and O–H groups in total. The van der Waals surface area contributed by atoms with Gasteiger partial charge in [0.15, 0.2) is 0 Å². The SMILES string of the molecule is C=CC(=O)N(CC(=O)N[C@@H](Cc1ccc(C)cc1C)B(O)O)c1ccccc1Cl. The molecule has 0 aliphatic carbocycles. The summed E-state index contributed by atoms with van der Waals surface area (Å²) in [6, 6.07) is 12.4. The molecule has 2 amide bonds. The lowest BCUT2D eigenvalue weighted by Gasteiger charge is -2.24. The fourth-order valence-corrected chi connectivity index (χ4v) is 3.24. The zero-order chi connectivity index (χ0) is 21.6. The van der Waals surface area contributed by atoms with E-state index in [9.17, 15) is 19.6 Å². The fraction of sp³-hybridized carbons (Fsp3) is 0.238. The summed E-state index contributed by atoms with van der Waals surface area (Å²) in [4.78, 5) is 26.0. The van der Waals surface area contributed by atoms with Crippen LogP contribution in [-0.2, 0) is 16.0 Å². The van der Waals surface area contributed by atoms with E-state index in [1.165, 1.54) is 4.90 Å². The van der Waals surface area contributed by atoms with Crippen LogP contribution in [0.2, 0.25) is 5.02 Å². The molecule has 2 aromatic rings. The number of hydrogen-bond acceptors (Lipinski definition) is 4. The maximum absolute atomic E-state index is 12.6. The molecule has 0 heterocycles. The Kier molecular flexibility index (Phi) is 8.02. The van der Waals surface area contributed by atoms with Gasteiger partial charge in [0, 0.05) is 0 Å². The van der Waals surface area contributed by atoms with Gasteiger partial charge in [-0.2, -0.15) is 0 Å². The first-order valence-electron chi connectivity index (χ1n) is 9.13. The molecule has 1 atom stereocenters. The van der Waals surface area contributed by atoms with E-state index >= 15 is 0 Å². The molecule has 0 bridgehead atoms. The van der Waals surface area contributed by atoms with Crippen molar-refractivity contribution in [3.63, 3.8) is 0 Å². The molecule has 29 heavy (non-hydrogen) atoms. The molecule has 2 rings (SSSR count). The van der Waals surface area contributed by atoms with E-state index in [-0.39, 0.29) is 13.0 Å². The highest BCUT2D eigenvalue weighted by atomic mass is 35.5. The largest absolute Gasteiger partial charge is 0.475 e. The number of carbonyl (C=O) groups excluding carboxylic acids is 2. The van der Waals surface area contributed by atoms with Crippen molar-refractivity contribution in [2.75, 3.05) is 11.4 Å². The average Bonchev–Trinajstić information content (AvgIpc) is 2.67. The summed E-state index contributed by atoms with van der Waals surface area (Å²) >= 11 is 6.16. The summed E-state index contributed by atoms with van der Waals surface area (Å²) in [6.45, 7) is 7.01. The molecule has 0 radical (unpaired) electrons. The topological polar surface area (TPSA) is 89.9 Å². The van der Waals surface area contributed by atoms with Gasteiger partial charge in [0.2, 0.25) is 5.91 Å². The molecule has 8 heteroatoms. The lowest BCUT2D eigenvalue weighted by molar-refractivity contribution is -0.122. The van der Waals surface area contributed by atoms with Crippen LogP contribution in [0.15, 0.2) is 55.1 Å². The number of hydrogen-bond donors (Lipinski definition) is 3. The standard InChI is InChI=1S/C21H24BClN2O4/c1-4-21(27)25(18-8-6-5-7-17(18)23)13-20(26)24-19(22(28)29)12-16-10-9-14(2)11-15(16)3/h4-11,19,28-29H,1,12-13H2,2-3H3,(H,24,26)/t19-/m0/s1. The Hall–Kier alpha value is -2.61. The van der Waals surface area contributed by atoms with Crippen molar-refractivity contribution in [1.82, 2.24) is 5.32 Å². The molecule has 152 valence electrons. The molecule has 0 aliphatic rings. The van der Waals surface area contributed by atoms with Gasteiger partial charge in [-0.05, 0) is 49.6 Å². The van der Waals surface area contributed by atoms with Crippen LogP contribution < -0.4 is 10.2 Å². The zero-order valence-electron chi connectivity index (χ0n) is 16.4. The number of amides is 2. The normalized spacial score (nSPS) is 11.5. The number of rotatable bonds is 8. The number of carbonyl (C=O) groups is 2. The first-order chi connectivity index (χ1) is 13.7. The average molecular weight is 415 g/mol. The summed E-state index contributed by atoms with van der Waals surface area (Å²) in [5, 5.41) is 22.4. The van der Waals surface area contributed by atoms with Crippen LogP contribution in [0.3, 0.4) is 0 Å².